The third kappa shape index (κ3) is 2.41. The molecule has 1 N–H and O–H groups in total. The lowest BCUT2D eigenvalue weighted by Crippen LogP contribution is -2.07. The summed E-state index contributed by atoms with van der Waals surface area (Å²) in [6, 6.07) is 15.7. The molecule has 1 aromatic heterocycles. The fourth-order valence-corrected chi connectivity index (χ4v) is 2.25. The summed E-state index contributed by atoms with van der Waals surface area (Å²) >= 11 is 0. The zero-order chi connectivity index (χ0) is 14.8. The van der Waals surface area contributed by atoms with E-state index in [1.54, 1.807) is 0 Å². The van der Waals surface area contributed by atoms with Gasteiger partial charge in [0.15, 0.2) is 5.69 Å². The average Bonchev–Trinajstić information content (AvgIpc) is 2.98. The summed E-state index contributed by atoms with van der Waals surface area (Å²) in [7, 11) is 0. The number of aromatic carboxylic acids is 1. The summed E-state index contributed by atoms with van der Waals surface area (Å²) in [4.78, 5) is 11.1. The molecule has 2 aromatic carbocycles. The number of carbonyl (C=O) groups is 1. The molecule has 0 saturated carbocycles. The van der Waals surface area contributed by atoms with E-state index in [0.29, 0.717) is 5.69 Å². The second kappa shape index (κ2) is 5.20. The molecule has 0 atom stereocenters. The molecule has 0 amide bonds. The van der Waals surface area contributed by atoms with Gasteiger partial charge in [-0.3, -0.25) is 0 Å². The van der Waals surface area contributed by atoms with Crippen LogP contribution < -0.4 is 0 Å². The molecule has 0 fully saturated rings. The monoisotopic (exact) mass is 279 g/mol. The van der Waals surface area contributed by atoms with Gasteiger partial charge in [0.1, 0.15) is 0 Å². The van der Waals surface area contributed by atoms with E-state index in [1.165, 1.54) is 16.4 Å². The highest BCUT2D eigenvalue weighted by molar-refractivity contribution is 5.85. The predicted octanol–water partition coefficient (Wildman–Crippen LogP) is 2.94. The van der Waals surface area contributed by atoms with E-state index < -0.39 is 5.97 Å². The lowest BCUT2D eigenvalue weighted by Gasteiger charge is -2.07. The van der Waals surface area contributed by atoms with E-state index in [-0.39, 0.29) is 5.69 Å². The molecule has 1 heterocycles. The van der Waals surface area contributed by atoms with Crippen molar-refractivity contribution >= 4 is 5.97 Å². The third-order valence-corrected chi connectivity index (χ3v) is 3.34. The van der Waals surface area contributed by atoms with Crippen molar-refractivity contribution in [2.45, 2.75) is 6.92 Å². The fraction of sp³-hybridized carbons (Fsp3) is 0.0625. The Morgan fingerprint density at radius 3 is 2.48 bits per heavy atom. The smallest absolute Gasteiger partial charge is 0.356 e. The summed E-state index contributed by atoms with van der Waals surface area (Å²) < 4.78 is 1.31. The molecule has 0 aliphatic rings. The topological polar surface area (TPSA) is 68.0 Å². The highest BCUT2D eigenvalue weighted by Crippen LogP contribution is 2.24. The number of hydrogen-bond donors (Lipinski definition) is 1. The lowest BCUT2D eigenvalue weighted by atomic mass is 10.0. The van der Waals surface area contributed by atoms with Gasteiger partial charge < -0.3 is 5.11 Å². The van der Waals surface area contributed by atoms with E-state index in [0.717, 1.165) is 11.1 Å². The van der Waals surface area contributed by atoms with Crippen LogP contribution in [0.15, 0.2) is 54.7 Å². The molecule has 21 heavy (non-hydrogen) atoms. The van der Waals surface area contributed by atoms with E-state index in [2.05, 4.69) is 29.4 Å². The van der Waals surface area contributed by atoms with Crippen molar-refractivity contribution in [2.75, 3.05) is 0 Å². The van der Waals surface area contributed by atoms with Crippen LogP contribution in [0.4, 0.5) is 0 Å². The van der Waals surface area contributed by atoms with Gasteiger partial charge >= 0.3 is 5.97 Å². The second-order valence-electron chi connectivity index (χ2n) is 4.70. The normalized spacial score (nSPS) is 10.5. The fourth-order valence-electron chi connectivity index (χ4n) is 2.25. The maximum Gasteiger partial charge on any atom is 0.356 e. The van der Waals surface area contributed by atoms with Gasteiger partial charge in [-0.25, -0.2) is 9.48 Å². The molecule has 0 unspecified atom stereocenters. The number of carboxylic acids is 1. The highest BCUT2D eigenvalue weighted by Gasteiger charge is 2.13. The number of aromatic nitrogens is 3. The Morgan fingerprint density at radius 2 is 1.81 bits per heavy atom. The number of benzene rings is 2. The van der Waals surface area contributed by atoms with Crippen LogP contribution in [-0.4, -0.2) is 26.1 Å². The number of aryl methyl sites for hydroxylation is 1. The number of hydrogen-bond acceptors (Lipinski definition) is 3. The molecule has 3 aromatic rings. The lowest BCUT2D eigenvalue weighted by molar-refractivity contribution is 0.0687. The van der Waals surface area contributed by atoms with Crippen molar-refractivity contribution in [3.63, 3.8) is 0 Å². The molecular formula is C16H13N3O2. The van der Waals surface area contributed by atoms with E-state index in [4.69, 9.17) is 5.11 Å². The molecule has 5 heteroatoms. The van der Waals surface area contributed by atoms with Crippen molar-refractivity contribution in [1.82, 2.24) is 15.0 Å². The van der Waals surface area contributed by atoms with Crippen molar-refractivity contribution in [1.29, 1.82) is 0 Å². The SMILES string of the molecule is Cc1ccccc1-c1ccc(-n2nncc2C(=O)O)cc1. The summed E-state index contributed by atoms with van der Waals surface area (Å²) in [5.74, 6) is -1.05. The minimum Gasteiger partial charge on any atom is -0.476 e. The average molecular weight is 279 g/mol. The molecular weight excluding hydrogens is 266 g/mol. The first kappa shape index (κ1) is 13.1. The van der Waals surface area contributed by atoms with Gasteiger partial charge in [-0.15, -0.1) is 5.10 Å². The van der Waals surface area contributed by atoms with Crippen LogP contribution in [-0.2, 0) is 0 Å². The van der Waals surface area contributed by atoms with E-state index in [1.807, 2.05) is 36.4 Å². The Kier molecular flexibility index (Phi) is 3.23. The number of rotatable bonds is 3. The first-order chi connectivity index (χ1) is 10.2. The second-order valence-corrected chi connectivity index (χ2v) is 4.70. The number of nitrogens with zero attached hydrogens (tertiary/aromatic N) is 3. The Bertz CT molecular complexity index is 791. The van der Waals surface area contributed by atoms with Crippen molar-refractivity contribution < 1.29 is 9.90 Å². The molecule has 3 rings (SSSR count). The molecule has 0 bridgehead atoms. The standard InChI is InChI=1S/C16H13N3O2/c1-11-4-2-3-5-14(11)12-6-8-13(9-7-12)19-15(16(20)21)10-17-18-19/h2-10H,1H3,(H,20,21). The summed E-state index contributed by atoms with van der Waals surface area (Å²) in [6.07, 6.45) is 1.23. The van der Waals surface area contributed by atoms with Gasteiger partial charge in [0.2, 0.25) is 0 Å². The number of carboxylic acid groups (broad SMARTS) is 1. The third-order valence-electron chi connectivity index (χ3n) is 3.34. The zero-order valence-corrected chi connectivity index (χ0v) is 11.4. The molecule has 0 saturated heterocycles. The van der Waals surface area contributed by atoms with Crippen LogP contribution in [0.2, 0.25) is 0 Å². The minimum absolute atomic E-state index is 0.0404. The van der Waals surface area contributed by atoms with Gasteiger partial charge in [0.25, 0.3) is 0 Å². The molecule has 0 radical (unpaired) electrons. The first-order valence-electron chi connectivity index (χ1n) is 6.47. The van der Waals surface area contributed by atoms with Gasteiger partial charge in [-0.1, -0.05) is 41.6 Å². The summed E-state index contributed by atoms with van der Waals surface area (Å²) in [6.45, 7) is 2.06. The van der Waals surface area contributed by atoms with Crippen LogP contribution >= 0.6 is 0 Å². The van der Waals surface area contributed by atoms with Crippen LogP contribution in [0.25, 0.3) is 16.8 Å². The van der Waals surface area contributed by atoms with Crippen molar-refractivity contribution in [2.24, 2.45) is 0 Å². The van der Waals surface area contributed by atoms with Gasteiger partial charge in [-0.2, -0.15) is 0 Å². The van der Waals surface area contributed by atoms with Crippen LogP contribution in [0.1, 0.15) is 16.1 Å². The molecule has 5 nitrogen and oxygen atoms in total. The Labute approximate surface area is 121 Å². The van der Waals surface area contributed by atoms with Crippen molar-refractivity contribution in [3.05, 3.63) is 66.0 Å². The predicted molar refractivity (Wildman–Crippen MR) is 78.5 cm³/mol. The maximum atomic E-state index is 11.1. The van der Waals surface area contributed by atoms with Crippen LogP contribution in [0, 0.1) is 6.92 Å². The minimum atomic E-state index is -1.05. The Balaban J connectivity index is 2.00. The maximum absolute atomic E-state index is 11.1. The highest BCUT2D eigenvalue weighted by atomic mass is 16.4. The quantitative estimate of drug-likeness (QED) is 0.800. The van der Waals surface area contributed by atoms with Crippen LogP contribution in [0.5, 0.6) is 0 Å². The van der Waals surface area contributed by atoms with Gasteiger partial charge in [0.05, 0.1) is 11.9 Å². The summed E-state index contributed by atoms with van der Waals surface area (Å²) in [5, 5.41) is 16.5. The van der Waals surface area contributed by atoms with Crippen LogP contribution in [0.3, 0.4) is 0 Å². The zero-order valence-electron chi connectivity index (χ0n) is 11.4. The molecule has 0 spiro atoms. The molecule has 0 aliphatic heterocycles. The van der Waals surface area contributed by atoms with E-state index in [9.17, 15) is 4.79 Å². The Morgan fingerprint density at radius 1 is 1.10 bits per heavy atom. The summed E-state index contributed by atoms with van der Waals surface area (Å²) in [5.41, 5.74) is 4.13. The Hall–Kier alpha value is -2.95. The van der Waals surface area contributed by atoms with E-state index >= 15 is 0 Å². The van der Waals surface area contributed by atoms with Gasteiger partial charge in [0, 0.05) is 0 Å². The first-order valence-corrected chi connectivity index (χ1v) is 6.47. The van der Waals surface area contributed by atoms with Crippen molar-refractivity contribution in [3.8, 4) is 16.8 Å². The molecule has 104 valence electrons. The van der Waals surface area contributed by atoms with Gasteiger partial charge in [-0.05, 0) is 35.7 Å². The largest absolute Gasteiger partial charge is 0.476 e. The molecule has 0 aliphatic carbocycles.